The number of nitrogens with two attached hydrogens (primary N) is 4. The van der Waals surface area contributed by atoms with Crippen LogP contribution in [0.4, 0.5) is 0 Å². The topological polar surface area (TPSA) is 162 Å². The van der Waals surface area contributed by atoms with Crippen molar-refractivity contribution < 1.29 is 15.0 Å². The summed E-state index contributed by atoms with van der Waals surface area (Å²) in [6, 6.07) is 12.7. The molecule has 1 amide bonds. The molecule has 0 saturated heterocycles. The average molecular weight is 417 g/mol. The number of aromatic hydroxyl groups is 2. The molecule has 0 aliphatic heterocycles. The Morgan fingerprint density at radius 2 is 1.30 bits per heavy atom. The molecule has 9 heteroatoms. The highest BCUT2D eigenvalue weighted by Gasteiger charge is 2.09. The van der Waals surface area contributed by atoms with Gasteiger partial charge in [0.15, 0.2) is 0 Å². The van der Waals surface area contributed by atoms with Crippen molar-refractivity contribution >= 4 is 30.7 Å². The van der Waals surface area contributed by atoms with E-state index in [4.69, 9.17) is 33.1 Å². The van der Waals surface area contributed by atoms with Crippen LogP contribution in [0.1, 0.15) is 11.1 Å². The Balaban J connectivity index is 0. The summed E-state index contributed by atoms with van der Waals surface area (Å²) in [6.07, 6.45) is 2.40. The van der Waals surface area contributed by atoms with Crippen LogP contribution in [0.2, 0.25) is 0 Å². The molecule has 27 heavy (non-hydrogen) atoms. The van der Waals surface area contributed by atoms with Crippen molar-refractivity contribution in [2.45, 2.75) is 18.9 Å². The van der Waals surface area contributed by atoms with E-state index in [9.17, 15) is 4.79 Å². The minimum absolute atomic E-state index is 0. The average Bonchev–Trinajstić information content (AvgIpc) is 2.59. The second kappa shape index (κ2) is 13.6. The molecular weight excluding hydrogens is 391 g/mol. The van der Waals surface area contributed by atoms with Crippen molar-refractivity contribution in [1.82, 2.24) is 0 Å². The number of carbonyl (C=O) groups excluding carboxylic acids is 1. The van der Waals surface area contributed by atoms with Crippen LogP contribution in [-0.4, -0.2) is 22.2 Å². The molecule has 0 radical (unpaired) electrons. The van der Waals surface area contributed by atoms with Crippen molar-refractivity contribution in [3.8, 4) is 11.5 Å². The number of halogens is 2. The lowest BCUT2D eigenvalue weighted by Crippen LogP contribution is -2.38. The van der Waals surface area contributed by atoms with Gasteiger partial charge in [-0.3, -0.25) is 4.79 Å². The molecule has 0 heterocycles. The standard InChI is InChI=1S/C9H12N2O2.C9H12N2O.2ClH/c10-8(9(11)13)5-6-1-3-7(12)4-2-6;10-6-8(11)5-7-1-3-9(12)4-2-7;;/h1-4,8,12H,5,10H2,(H2,11,13);1-4,6,12H,5,10-11H2;2*1H/b;8-6+;;/t8-;;;/m0.../s1. The summed E-state index contributed by atoms with van der Waals surface area (Å²) < 4.78 is 0. The van der Waals surface area contributed by atoms with E-state index < -0.39 is 11.9 Å². The quantitative estimate of drug-likeness (QED) is 0.429. The van der Waals surface area contributed by atoms with Gasteiger partial charge < -0.3 is 33.1 Å². The molecule has 150 valence electrons. The first-order chi connectivity index (χ1) is 11.8. The van der Waals surface area contributed by atoms with E-state index in [-0.39, 0.29) is 36.3 Å². The number of phenols is 2. The number of carbonyl (C=O) groups is 1. The largest absolute Gasteiger partial charge is 0.508 e. The fourth-order valence-electron chi connectivity index (χ4n) is 1.89. The van der Waals surface area contributed by atoms with Crippen LogP contribution in [0.5, 0.6) is 11.5 Å². The summed E-state index contributed by atoms with van der Waals surface area (Å²) in [5, 5.41) is 18.0. The molecule has 0 bridgehead atoms. The normalized spacial score (nSPS) is 11.1. The Labute approximate surface area is 170 Å². The number of primary amides is 1. The molecule has 0 unspecified atom stereocenters. The van der Waals surface area contributed by atoms with Gasteiger partial charge in [-0.25, -0.2) is 0 Å². The molecular formula is C18H26Cl2N4O3. The molecule has 0 saturated carbocycles. The Bertz CT molecular complexity index is 708. The Kier molecular flexibility index (Phi) is 13.4. The van der Waals surface area contributed by atoms with E-state index in [1.807, 2.05) is 12.1 Å². The summed E-state index contributed by atoms with van der Waals surface area (Å²) in [6.45, 7) is 0. The van der Waals surface area contributed by atoms with Crippen LogP contribution in [0.25, 0.3) is 0 Å². The van der Waals surface area contributed by atoms with Gasteiger partial charge in [-0.05, 0) is 41.8 Å². The van der Waals surface area contributed by atoms with E-state index in [1.165, 1.54) is 6.20 Å². The predicted molar refractivity (Wildman–Crippen MR) is 112 cm³/mol. The molecule has 0 aromatic heterocycles. The predicted octanol–water partition coefficient (Wildman–Crippen LogP) is 1.28. The zero-order chi connectivity index (χ0) is 18.8. The first kappa shape index (κ1) is 26.6. The molecule has 0 spiro atoms. The Morgan fingerprint density at radius 1 is 0.889 bits per heavy atom. The van der Waals surface area contributed by atoms with Crippen LogP contribution >= 0.6 is 24.8 Å². The summed E-state index contributed by atoms with van der Waals surface area (Å²) in [4.78, 5) is 10.6. The van der Waals surface area contributed by atoms with Crippen molar-refractivity contribution in [2.24, 2.45) is 22.9 Å². The van der Waals surface area contributed by atoms with Crippen molar-refractivity contribution in [3.05, 3.63) is 71.6 Å². The number of hydrogen-bond acceptors (Lipinski definition) is 6. The smallest absolute Gasteiger partial charge is 0.234 e. The lowest BCUT2D eigenvalue weighted by Gasteiger charge is -2.06. The first-order valence-electron chi connectivity index (χ1n) is 7.58. The van der Waals surface area contributed by atoms with Gasteiger partial charge in [-0.15, -0.1) is 24.8 Å². The Morgan fingerprint density at radius 3 is 1.67 bits per heavy atom. The monoisotopic (exact) mass is 416 g/mol. The molecule has 0 aliphatic rings. The fraction of sp³-hybridized carbons (Fsp3) is 0.167. The minimum atomic E-state index is -0.662. The van der Waals surface area contributed by atoms with E-state index in [0.717, 1.165) is 11.1 Å². The third-order valence-corrected chi connectivity index (χ3v) is 3.32. The van der Waals surface area contributed by atoms with E-state index in [2.05, 4.69) is 0 Å². The minimum Gasteiger partial charge on any atom is -0.508 e. The molecule has 2 aromatic rings. The van der Waals surface area contributed by atoms with Gasteiger partial charge in [-0.1, -0.05) is 24.3 Å². The molecule has 2 rings (SSSR count). The van der Waals surface area contributed by atoms with Gasteiger partial charge in [0.1, 0.15) is 11.5 Å². The second-order valence-corrected chi connectivity index (χ2v) is 5.46. The second-order valence-electron chi connectivity index (χ2n) is 5.46. The van der Waals surface area contributed by atoms with Crippen LogP contribution in [-0.2, 0) is 17.6 Å². The molecule has 0 aliphatic carbocycles. The van der Waals surface area contributed by atoms with Gasteiger partial charge >= 0.3 is 0 Å². The molecule has 7 nitrogen and oxygen atoms in total. The number of rotatable bonds is 5. The zero-order valence-electron chi connectivity index (χ0n) is 14.6. The highest BCUT2D eigenvalue weighted by molar-refractivity contribution is 5.85. The van der Waals surface area contributed by atoms with Gasteiger partial charge in [0.2, 0.25) is 5.91 Å². The Hall–Kier alpha value is -2.61. The maximum absolute atomic E-state index is 10.6. The summed E-state index contributed by atoms with van der Waals surface area (Å²) >= 11 is 0. The third kappa shape index (κ3) is 10.9. The fourth-order valence-corrected chi connectivity index (χ4v) is 1.89. The molecule has 1 atom stereocenters. The van der Waals surface area contributed by atoms with Gasteiger partial charge in [0.25, 0.3) is 0 Å². The maximum Gasteiger partial charge on any atom is 0.234 e. The van der Waals surface area contributed by atoms with Gasteiger partial charge in [0, 0.05) is 18.3 Å². The zero-order valence-corrected chi connectivity index (χ0v) is 16.2. The van der Waals surface area contributed by atoms with E-state index in [0.29, 0.717) is 18.5 Å². The lowest BCUT2D eigenvalue weighted by molar-refractivity contribution is -0.119. The number of benzene rings is 2. The summed E-state index contributed by atoms with van der Waals surface area (Å²) in [5.74, 6) is -0.0708. The molecule has 0 fully saturated rings. The van der Waals surface area contributed by atoms with Crippen molar-refractivity contribution in [1.29, 1.82) is 0 Å². The van der Waals surface area contributed by atoms with Crippen LogP contribution < -0.4 is 22.9 Å². The van der Waals surface area contributed by atoms with Crippen LogP contribution in [0, 0.1) is 0 Å². The lowest BCUT2D eigenvalue weighted by atomic mass is 10.1. The molecule has 10 N–H and O–H groups in total. The van der Waals surface area contributed by atoms with Gasteiger partial charge in [-0.2, -0.15) is 0 Å². The SMILES string of the molecule is Cl.Cl.N/C=C(/N)Cc1ccc(O)cc1.NC(=O)[C@@H](N)Cc1ccc(O)cc1. The highest BCUT2D eigenvalue weighted by atomic mass is 35.5. The maximum atomic E-state index is 10.6. The van der Waals surface area contributed by atoms with Crippen molar-refractivity contribution in [3.63, 3.8) is 0 Å². The van der Waals surface area contributed by atoms with Crippen molar-refractivity contribution in [2.75, 3.05) is 0 Å². The first-order valence-corrected chi connectivity index (χ1v) is 7.58. The third-order valence-electron chi connectivity index (χ3n) is 3.32. The highest BCUT2D eigenvalue weighted by Crippen LogP contribution is 2.11. The molecule has 2 aromatic carbocycles. The van der Waals surface area contributed by atoms with E-state index in [1.54, 1.807) is 36.4 Å². The van der Waals surface area contributed by atoms with Crippen LogP contribution in [0.3, 0.4) is 0 Å². The number of phenolic OH excluding ortho intramolecular Hbond substituents is 2. The summed E-state index contributed by atoms with van der Waals surface area (Å²) in [7, 11) is 0. The number of hydrogen-bond donors (Lipinski definition) is 6. The number of allylic oxidation sites excluding steroid dienone is 1. The van der Waals surface area contributed by atoms with E-state index >= 15 is 0 Å². The summed E-state index contributed by atoms with van der Waals surface area (Å²) in [5.41, 5.74) is 23.7. The van der Waals surface area contributed by atoms with Crippen LogP contribution in [0.15, 0.2) is 60.4 Å². The van der Waals surface area contributed by atoms with Gasteiger partial charge in [0.05, 0.1) is 6.04 Å². The number of amides is 1.